The lowest BCUT2D eigenvalue weighted by Gasteiger charge is -2.25. The Bertz CT molecular complexity index is 418. The van der Waals surface area contributed by atoms with Gasteiger partial charge in [0, 0.05) is 6.54 Å². The Morgan fingerprint density at radius 2 is 2.00 bits per heavy atom. The topological polar surface area (TPSA) is 59.0 Å². The van der Waals surface area contributed by atoms with Crippen molar-refractivity contribution in [2.75, 3.05) is 20.8 Å². The first-order valence-electron chi connectivity index (χ1n) is 5.84. The lowest BCUT2D eigenvalue weighted by atomic mass is 10.0. The van der Waals surface area contributed by atoms with Gasteiger partial charge >= 0.3 is 6.09 Å². The molecule has 1 aliphatic heterocycles. The average molecular weight is 251 g/mol. The van der Waals surface area contributed by atoms with Crippen LogP contribution in [0.5, 0.6) is 5.75 Å². The van der Waals surface area contributed by atoms with Gasteiger partial charge in [-0.25, -0.2) is 4.79 Å². The first-order chi connectivity index (χ1) is 8.67. The number of aliphatic hydroxyl groups excluding tert-OH is 1. The predicted molar refractivity (Wildman–Crippen MR) is 65.5 cm³/mol. The maximum absolute atomic E-state index is 11.6. The molecule has 1 amide bonds. The number of likely N-dealkylation sites (tertiary alicyclic amines) is 1. The van der Waals surface area contributed by atoms with Crippen LogP contribution >= 0.6 is 0 Å². The van der Waals surface area contributed by atoms with E-state index in [-0.39, 0.29) is 6.04 Å². The van der Waals surface area contributed by atoms with E-state index < -0.39 is 12.2 Å². The van der Waals surface area contributed by atoms with Crippen molar-refractivity contribution in [3.05, 3.63) is 29.8 Å². The van der Waals surface area contributed by atoms with E-state index in [1.54, 1.807) is 12.0 Å². The van der Waals surface area contributed by atoms with Gasteiger partial charge in [0.25, 0.3) is 0 Å². The molecule has 2 atom stereocenters. The molecule has 0 unspecified atom stereocenters. The van der Waals surface area contributed by atoms with E-state index in [0.717, 1.165) is 11.3 Å². The Morgan fingerprint density at radius 1 is 1.33 bits per heavy atom. The molecule has 0 radical (unpaired) electrons. The molecule has 1 fully saturated rings. The molecule has 1 aromatic carbocycles. The molecule has 0 bridgehead atoms. The lowest BCUT2D eigenvalue weighted by molar-refractivity contribution is 0.0888. The summed E-state index contributed by atoms with van der Waals surface area (Å²) >= 11 is 0. The number of carbonyl (C=O) groups excluding carboxylic acids is 1. The van der Waals surface area contributed by atoms with E-state index in [9.17, 15) is 9.90 Å². The summed E-state index contributed by atoms with van der Waals surface area (Å²) in [6.07, 6.45) is -0.406. The van der Waals surface area contributed by atoms with Gasteiger partial charge in [-0.15, -0.1) is 0 Å². The van der Waals surface area contributed by atoms with Gasteiger partial charge in [-0.3, -0.25) is 4.90 Å². The molecule has 5 nitrogen and oxygen atoms in total. The van der Waals surface area contributed by atoms with Crippen LogP contribution in [0, 0.1) is 0 Å². The van der Waals surface area contributed by atoms with Gasteiger partial charge in [-0.05, 0) is 24.1 Å². The Kier molecular flexibility index (Phi) is 3.72. The van der Waals surface area contributed by atoms with Gasteiger partial charge in [0.1, 0.15) is 5.75 Å². The predicted octanol–water partition coefficient (Wildman–Crippen LogP) is 1.57. The molecule has 1 aliphatic rings. The van der Waals surface area contributed by atoms with Crippen LogP contribution in [-0.2, 0) is 4.74 Å². The van der Waals surface area contributed by atoms with Gasteiger partial charge in [0.05, 0.1) is 26.4 Å². The zero-order chi connectivity index (χ0) is 13.1. The summed E-state index contributed by atoms with van der Waals surface area (Å²) in [4.78, 5) is 13.2. The number of hydrogen-bond acceptors (Lipinski definition) is 4. The first-order valence-corrected chi connectivity index (χ1v) is 5.84. The zero-order valence-corrected chi connectivity index (χ0v) is 10.5. The van der Waals surface area contributed by atoms with Crippen LogP contribution < -0.4 is 4.74 Å². The van der Waals surface area contributed by atoms with Crippen molar-refractivity contribution in [1.82, 2.24) is 4.90 Å². The van der Waals surface area contributed by atoms with Crippen molar-refractivity contribution < 1.29 is 19.4 Å². The fourth-order valence-electron chi connectivity index (χ4n) is 2.30. The molecule has 5 heteroatoms. The fourth-order valence-corrected chi connectivity index (χ4v) is 2.30. The minimum atomic E-state index is -0.558. The van der Waals surface area contributed by atoms with E-state index in [2.05, 4.69) is 0 Å². The average Bonchev–Trinajstić information content (AvgIpc) is 2.80. The van der Waals surface area contributed by atoms with Crippen LogP contribution in [0.2, 0.25) is 0 Å². The largest absolute Gasteiger partial charge is 0.497 e. The van der Waals surface area contributed by atoms with Gasteiger partial charge in [-0.2, -0.15) is 0 Å². The number of nitrogens with zero attached hydrogens (tertiary/aromatic N) is 1. The van der Waals surface area contributed by atoms with Crippen LogP contribution in [0.15, 0.2) is 24.3 Å². The summed E-state index contributed by atoms with van der Waals surface area (Å²) in [7, 11) is 2.94. The zero-order valence-electron chi connectivity index (χ0n) is 10.5. The number of hydrogen-bond donors (Lipinski definition) is 1. The van der Waals surface area contributed by atoms with Crippen molar-refractivity contribution in [1.29, 1.82) is 0 Å². The SMILES string of the molecule is COC(=O)N1CC[C@H](O)[C@@H]1c1ccc(OC)cc1. The number of methoxy groups -OCH3 is 2. The van der Waals surface area contributed by atoms with Gasteiger partial charge < -0.3 is 14.6 Å². The molecule has 98 valence electrons. The third kappa shape index (κ3) is 2.26. The molecular weight excluding hydrogens is 234 g/mol. The highest BCUT2D eigenvalue weighted by Crippen LogP contribution is 2.33. The second-order valence-corrected chi connectivity index (χ2v) is 4.24. The number of carbonyl (C=O) groups is 1. The minimum absolute atomic E-state index is 0.344. The molecule has 18 heavy (non-hydrogen) atoms. The van der Waals surface area contributed by atoms with Crippen LogP contribution in [0.4, 0.5) is 4.79 Å². The van der Waals surface area contributed by atoms with Crippen LogP contribution in [0.3, 0.4) is 0 Å². The molecule has 1 N–H and O–H groups in total. The van der Waals surface area contributed by atoms with Gasteiger partial charge in [0.2, 0.25) is 0 Å². The van der Waals surface area contributed by atoms with Crippen molar-refractivity contribution in [3.63, 3.8) is 0 Å². The molecule has 0 spiro atoms. The van der Waals surface area contributed by atoms with E-state index in [1.807, 2.05) is 24.3 Å². The monoisotopic (exact) mass is 251 g/mol. The second-order valence-electron chi connectivity index (χ2n) is 4.24. The quantitative estimate of drug-likeness (QED) is 0.866. The van der Waals surface area contributed by atoms with Crippen molar-refractivity contribution >= 4 is 6.09 Å². The summed E-state index contributed by atoms with van der Waals surface area (Å²) in [6, 6.07) is 7.00. The van der Waals surface area contributed by atoms with Crippen molar-refractivity contribution in [2.24, 2.45) is 0 Å². The van der Waals surface area contributed by atoms with E-state index in [4.69, 9.17) is 9.47 Å². The normalized spacial score (nSPS) is 22.9. The highest BCUT2D eigenvalue weighted by Gasteiger charge is 2.37. The number of aliphatic hydroxyl groups is 1. The molecule has 0 aliphatic carbocycles. The van der Waals surface area contributed by atoms with E-state index in [0.29, 0.717) is 13.0 Å². The third-order valence-electron chi connectivity index (χ3n) is 3.23. The molecule has 0 saturated carbocycles. The van der Waals surface area contributed by atoms with Crippen LogP contribution in [0.25, 0.3) is 0 Å². The smallest absolute Gasteiger partial charge is 0.410 e. The molecule has 2 rings (SSSR count). The molecule has 1 heterocycles. The summed E-state index contributed by atoms with van der Waals surface area (Å²) in [6.45, 7) is 0.504. The Hall–Kier alpha value is -1.75. The number of ether oxygens (including phenoxy) is 2. The summed E-state index contributed by atoms with van der Waals surface area (Å²) < 4.78 is 9.82. The first kappa shape index (κ1) is 12.7. The van der Waals surface area contributed by atoms with Crippen LogP contribution in [-0.4, -0.2) is 43.0 Å². The summed E-state index contributed by atoms with van der Waals surface area (Å²) in [5.41, 5.74) is 0.881. The minimum Gasteiger partial charge on any atom is -0.497 e. The van der Waals surface area contributed by atoms with E-state index >= 15 is 0 Å². The van der Waals surface area contributed by atoms with Crippen molar-refractivity contribution in [2.45, 2.75) is 18.6 Å². The standard InChI is InChI=1S/C13H17NO4/c1-17-10-5-3-9(4-6-10)12-11(15)7-8-14(12)13(16)18-2/h3-6,11-12,15H,7-8H2,1-2H3/t11-,12-/m0/s1. The lowest BCUT2D eigenvalue weighted by Crippen LogP contribution is -2.33. The number of amides is 1. The molecular formula is C13H17NO4. The number of rotatable bonds is 2. The van der Waals surface area contributed by atoms with Gasteiger partial charge in [-0.1, -0.05) is 12.1 Å². The highest BCUT2D eigenvalue weighted by atomic mass is 16.5. The third-order valence-corrected chi connectivity index (χ3v) is 3.23. The van der Waals surface area contributed by atoms with Gasteiger partial charge in [0.15, 0.2) is 0 Å². The van der Waals surface area contributed by atoms with Crippen LogP contribution in [0.1, 0.15) is 18.0 Å². The fraction of sp³-hybridized carbons (Fsp3) is 0.462. The summed E-state index contributed by atoms with van der Waals surface area (Å²) in [5, 5.41) is 10.0. The number of benzene rings is 1. The second kappa shape index (κ2) is 5.27. The van der Waals surface area contributed by atoms with Crippen molar-refractivity contribution in [3.8, 4) is 5.75 Å². The summed E-state index contributed by atoms with van der Waals surface area (Å²) in [5.74, 6) is 0.746. The Morgan fingerprint density at radius 3 is 2.56 bits per heavy atom. The maximum Gasteiger partial charge on any atom is 0.410 e. The van der Waals surface area contributed by atoms with E-state index in [1.165, 1.54) is 7.11 Å². The maximum atomic E-state index is 11.6. The molecule has 1 saturated heterocycles. The highest BCUT2D eigenvalue weighted by molar-refractivity contribution is 5.68. The Labute approximate surface area is 106 Å². The molecule has 1 aromatic rings. The Balaban J connectivity index is 2.24. The molecule has 0 aromatic heterocycles.